The standard InChI is InChI=1S/C13H12N4O/c1-8-2-3-11-9(17-8)6-12(18-11)13(14)10-7-15-4-5-16-10/h2-7,13H,14H2,1H3. The van der Waals surface area contributed by atoms with E-state index in [4.69, 9.17) is 10.2 Å². The van der Waals surface area contributed by atoms with Crippen LogP contribution in [0.5, 0.6) is 0 Å². The second kappa shape index (κ2) is 4.19. The molecule has 3 aromatic heterocycles. The molecule has 0 aliphatic heterocycles. The molecule has 90 valence electrons. The van der Waals surface area contributed by atoms with Gasteiger partial charge in [0.15, 0.2) is 5.58 Å². The van der Waals surface area contributed by atoms with Gasteiger partial charge in [-0.15, -0.1) is 0 Å². The minimum atomic E-state index is -0.423. The van der Waals surface area contributed by atoms with E-state index in [9.17, 15) is 0 Å². The summed E-state index contributed by atoms with van der Waals surface area (Å²) in [4.78, 5) is 12.6. The Morgan fingerprint density at radius 3 is 2.94 bits per heavy atom. The van der Waals surface area contributed by atoms with E-state index in [-0.39, 0.29) is 0 Å². The SMILES string of the molecule is Cc1ccc2oc(C(N)c3cnccn3)cc2n1. The molecule has 0 aliphatic carbocycles. The van der Waals surface area contributed by atoms with Gasteiger partial charge in [0.2, 0.25) is 0 Å². The number of fused-ring (bicyclic) bond motifs is 1. The molecule has 2 N–H and O–H groups in total. The number of hydrogen-bond donors (Lipinski definition) is 1. The molecule has 0 radical (unpaired) electrons. The number of furan rings is 1. The molecular weight excluding hydrogens is 228 g/mol. The minimum Gasteiger partial charge on any atom is -0.457 e. The molecule has 0 bridgehead atoms. The monoisotopic (exact) mass is 240 g/mol. The lowest BCUT2D eigenvalue weighted by Crippen LogP contribution is -2.12. The van der Waals surface area contributed by atoms with Gasteiger partial charge in [0, 0.05) is 24.2 Å². The van der Waals surface area contributed by atoms with E-state index >= 15 is 0 Å². The molecule has 0 saturated heterocycles. The van der Waals surface area contributed by atoms with Crippen molar-refractivity contribution in [2.45, 2.75) is 13.0 Å². The molecule has 0 fully saturated rings. The van der Waals surface area contributed by atoms with Gasteiger partial charge in [-0.3, -0.25) is 9.97 Å². The third-order valence-corrected chi connectivity index (χ3v) is 2.74. The average molecular weight is 240 g/mol. The van der Waals surface area contributed by atoms with Crippen LogP contribution in [-0.2, 0) is 0 Å². The third-order valence-electron chi connectivity index (χ3n) is 2.74. The fourth-order valence-electron chi connectivity index (χ4n) is 1.82. The van der Waals surface area contributed by atoms with E-state index in [0.29, 0.717) is 11.5 Å². The maximum Gasteiger partial charge on any atom is 0.152 e. The van der Waals surface area contributed by atoms with Crippen LogP contribution in [0.3, 0.4) is 0 Å². The summed E-state index contributed by atoms with van der Waals surface area (Å²) in [6.07, 6.45) is 4.86. The first-order valence-electron chi connectivity index (χ1n) is 5.62. The largest absolute Gasteiger partial charge is 0.457 e. The molecule has 0 saturated carbocycles. The Morgan fingerprint density at radius 1 is 1.28 bits per heavy atom. The Bertz CT molecular complexity index is 678. The Balaban J connectivity index is 2.04. The molecule has 0 aliphatic rings. The number of aryl methyl sites for hydroxylation is 1. The lowest BCUT2D eigenvalue weighted by Gasteiger charge is -2.05. The number of aromatic nitrogens is 3. The van der Waals surface area contributed by atoms with E-state index in [2.05, 4.69) is 15.0 Å². The molecule has 5 heteroatoms. The summed E-state index contributed by atoms with van der Waals surface area (Å²) in [5, 5.41) is 0. The average Bonchev–Trinajstić information content (AvgIpc) is 2.81. The Morgan fingerprint density at radius 2 is 2.17 bits per heavy atom. The van der Waals surface area contributed by atoms with E-state index < -0.39 is 6.04 Å². The van der Waals surface area contributed by atoms with Crippen molar-refractivity contribution in [2.24, 2.45) is 5.73 Å². The highest BCUT2D eigenvalue weighted by atomic mass is 16.3. The third kappa shape index (κ3) is 1.84. The Labute approximate surface area is 104 Å². The van der Waals surface area contributed by atoms with Crippen molar-refractivity contribution in [3.05, 3.63) is 53.9 Å². The highest BCUT2D eigenvalue weighted by Gasteiger charge is 2.16. The first-order chi connectivity index (χ1) is 8.74. The topological polar surface area (TPSA) is 77.8 Å². The zero-order valence-electron chi connectivity index (χ0n) is 9.87. The summed E-state index contributed by atoms with van der Waals surface area (Å²) >= 11 is 0. The number of nitrogens with two attached hydrogens (primary N) is 1. The predicted octanol–water partition coefficient (Wildman–Crippen LogP) is 1.97. The van der Waals surface area contributed by atoms with Crippen LogP contribution in [0, 0.1) is 6.92 Å². The summed E-state index contributed by atoms with van der Waals surface area (Å²) in [5.74, 6) is 0.642. The van der Waals surface area contributed by atoms with Crippen LogP contribution >= 0.6 is 0 Å². The fraction of sp³-hybridized carbons (Fsp3) is 0.154. The van der Waals surface area contributed by atoms with E-state index in [1.807, 2.05) is 25.1 Å². The molecule has 3 rings (SSSR count). The quantitative estimate of drug-likeness (QED) is 0.741. The van der Waals surface area contributed by atoms with Crippen LogP contribution < -0.4 is 5.73 Å². The lowest BCUT2D eigenvalue weighted by atomic mass is 10.2. The fourth-order valence-corrected chi connectivity index (χ4v) is 1.82. The van der Waals surface area contributed by atoms with Gasteiger partial charge in [-0.25, -0.2) is 4.98 Å². The van der Waals surface area contributed by atoms with Crippen LogP contribution in [-0.4, -0.2) is 15.0 Å². The molecule has 5 nitrogen and oxygen atoms in total. The summed E-state index contributed by atoms with van der Waals surface area (Å²) in [7, 11) is 0. The Hall–Kier alpha value is -2.27. The number of nitrogens with zero attached hydrogens (tertiary/aromatic N) is 3. The molecule has 1 atom stereocenters. The number of hydrogen-bond acceptors (Lipinski definition) is 5. The normalized spacial score (nSPS) is 12.8. The molecule has 1 unspecified atom stereocenters. The Kier molecular flexibility index (Phi) is 2.53. The molecule has 0 aromatic carbocycles. The van der Waals surface area contributed by atoms with Gasteiger partial charge in [0.25, 0.3) is 0 Å². The molecular formula is C13H12N4O. The van der Waals surface area contributed by atoms with Crippen molar-refractivity contribution < 1.29 is 4.42 Å². The van der Waals surface area contributed by atoms with Gasteiger partial charge >= 0.3 is 0 Å². The van der Waals surface area contributed by atoms with Gasteiger partial charge in [-0.2, -0.15) is 0 Å². The zero-order chi connectivity index (χ0) is 12.5. The van der Waals surface area contributed by atoms with Crippen molar-refractivity contribution in [1.82, 2.24) is 15.0 Å². The van der Waals surface area contributed by atoms with Gasteiger partial charge in [-0.05, 0) is 19.1 Å². The minimum absolute atomic E-state index is 0.423. The second-order valence-corrected chi connectivity index (χ2v) is 4.09. The van der Waals surface area contributed by atoms with Crippen LogP contribution in [0.15, 0.2) is 41.2 Å². The van der Waals surface area contributed by atoms with Crippen LogP contribution in [0.1, 0.15) is 23.2 Å². The first-order valence-corrected chi connectivity index (χ1v) is 5.62. The zero-order valence-corrected chi connectivity index (χ0v) is 9.87. The smallest absolute Gasteiger partial charge is 0.152 e. The molecule has 3 aromatic rings. The molecule has 18 heavy (non-hydrogen) atoms. The highest BCUT2D eigenvalue weighted by molar-refractivity contribution is 5.73. The molecule has 0 spiro atoms. The van der Waals surface area contributed by atoms with Crippen LogP contribution in [0.2, 0.25) is 0 Å². The lowest BCUT2D eigenvalue weighted by molar-refractivity contribution is 0.520. The maximum absolute atomic E-state index is 6.09. The summed E-state index contributed by atoms with van der Waals surface area (Å²) in [5.41, 5.74) is 9.26. The van der Waals surface area contributed by atoms with Crippen LogP contribution in [0.25, 0.3) is 11.1 Å². The molecule has 3 heterocycles. The summed E-state index contributed by atoms with van der Waals surface area (Å²) in [6.45, 7) is 1.94. The van der Waals surface area contributed by atoms with Crippen molar-refractivity contribution >= 4 is 11.1 Å². The highest BCUT2D eigenvalue weighted by Crippen LogP contribution is 2.24. The van der Waals surface area contributed by atoms with Gasteiger partial charge in [-0.1, -0.05) is 0 Å². The van der Waals surface area contributed by atoms with Gasteiger partial charge in [0.1, 0.15) is 17.3 Å². The van der Waals surface area contributed by atoms with Crippen molar-refractivity contribution in [3.63, 3.8) is 0 Å². The maximum atomic E-state index is 6.09. The van der Waals surface area contributed by atoms with E-state index in [0.717, 1.165) is 16.8 Å². The van der Waals surface area contributed by atoms with E-state index in [1.165, 1.54) is 0 Å². The van der Waals surface area contributed by atoms with Crippen molar-refractivity contribution in [1.29, 1.82) is 0 Å². The van der Waals surface area contributed by atoms with Gasteiger partial charge in [0.05, 0.1) is 11.9 Å². The number of pyridine rings is 1. The summed E-state index contributed by atoms with van der Waals surface area (Å²) < 4.78 is 5.68. The van der Waals surface area contributed by atoms with Crippen LogP contribution in [0.4, 0.5) is 0 Å². The van der Waals surface area contributed by atoms with E-state index in [1.54, 1.807) is 18.6 Å². The number of rotatable bonds is 2. The molecule has 0 amide bonds. The van der Waals surface area contributed by atoms with Gasteiger partial charge < -0.3 is 10.2 Å². The predicted molar refractivity (Wildman–Crippen MR) is 66.8 cm³/mol. The first kappa shape index (κ1) is 10.9. The second-order valence-electron chi connectivity index (χ2n) is 4.09. The summed E-state index contributed by atoms with van der Waals surface area (Å²) in [6, 6.07) is 5.23. The van der Waals surface area contributed by atoms with Crippen molar-refractivity contribution in [2.75, 3.05) is 0 Å². The van der Waals surface area contributed by atoms with Crippen molar-refractivity contribution in [3.8, 4) is 0 Å².